The summed E-state index contributed by atoms with van der Waals surface area (Å²) in [7, 11) is 0. The van der Waals surface area contributed by atoms with Crippen LogP contribution >= 0.6 is 0 Å². The molecule has 0 saturated heterocycles. The van der Waals surface area contributed by atoms with E-state index in [2.05, 4.69) is 18.7 Å². The number of benzene rings is 1. The molecule has 1 unspecified atom stereocenters. The lowest BCUT2D eigenvalue weighted by molar-refractivity contribution is 0.199. The summed E-state index contributed by atoms with van der Waals surface area (Å²) in [5.41, 5.74) is 2.00. The first kappa shape index (κ1) is 14.0. The van der Waals surface area contributed by atoms with Gasteiger partial charge in [-0.05, 0) is 33.3 Å². The van der Waals surface area contributed by atoms with Crippen molar-refractivity contribution in [2.45, 2.75) is 39.3 Å². The Hall–Kier alpha value is -1.06. The molecule has 1 aromatic rings. The van der Waals surface area contributed by atoms with Crippen LogP contribution < -0.4 is 4.90 Å². The highest BCUT2D eigenvalue weighted by Crippen LogP contribution is 2.27. The van der Waals surface area contributed by atoms with Crippen molar-refractivity contribution >= 4 is 5.69 Å². The third-order valence-corrected chi connectivity index (χ3v) is 2.88. The van der Waals surface area contributed by atoms with Crippen LogP contribution in [-0.2, 0) is 0 Å². The fourth-order valence-corrected chi connectivity index (χ4v) is 2.00. The Labute approximate surface area is 104 Å². The molecule has 1 aromatic carbocycles. The molecule has 0 aliphatic rings. The van der Waals surface area contributed by atoms with Crippen molar-refractivity contribution in [3.63, 3.8) is 0 Å². The molecule has 0 aliphatic carbocycles. The molecule has 0 aromatic heterocycles. The molecule has 17 heavy (non-hydrogen) atoms. The first-order valence-electron chi connectivity index (χ1n) is 6.22. The summed E-state index contributed by atoms with van der Waals surface area (Å²) >= 11 is 0. The van der Waals surface area contributed by atoms with Gasteiger partial charge in [-0.2, -0.15) is 0 Å². The second kappa shape index (κ2) is 6.62. The molecule has 3 nitrogen and oxygen atoms in total. The summed E-state index contributed by atoms with van der Waals surface area (Å²) in [6.07, 6.45) is 0.272. The van der Waals surface area contributed by atoms with E-state index in [1.54, 1.807) is 6.92 Å². The molecule has 2 N–H and O–H groups in total. The SMILES string of the molecule is CC(O)c1ccccc1N(CCCO)C(C)C. The van der Waals surface area contributed by atoms with Gasteiger partial charge in [-0.25, -0.2) is 0 Å². The third kappa shape index (κ3) is 3.72. The lowest BCUT2D eigenvalue weighted by atomic mass is 10.1. The summed E-state index contributed by atoms with van der Waals surface area (Å²) in [5.74, 6) is 0. The molecule has 1 rings (SSSR count). The molecule has 3 heteroatoms. The summed E-state index contributed by atoms with van der Waals surface area (Å²) in [5, 5.41) is 18.7. The highest BCUT2D eigenvalue weighted by Gasteiger charge is 2.15. The fourth-order valence-electron chi connectivity index (χ4n) is 2.00. The second-order valence-electron chi connectivity index (χ2n) is 4.60. The van der Waals surface area contributed by atoms with E-state index in [1.807, 2.05) is 24.3 Å². The van der Waals surface area contributed by atoms with Crippen molar-refractivity contribution in [1.29, 1.82) is 0 Å². The zero-order valence-electron chi connectivity index (χ0n) is 10.9. The van der Waals surface area contributed by atoms with Crippen molar-refractivity contribution in [1.82, 2.24) is 0 Å². The molecule has 0 amide bonds. The number of para-hydroxylation sites is 1. The van der Waals surface area contributed by atoms with E-state index in [9.17, 15) is 5.11 Å². The van der Waals surface area contributed by atoms with Gasteiger partial charge in [0.25, 0.3) is 0 Å². The van der Waals surface area contributed by atoms with E-state index in [4.69, 9.17) is 5.11 Å². The predicted octanol–water partition coefficient (Wildman–Crippen LogP) is 2.34. The summed E-state index contributed by atoms with van der Waals surface area (Å²) in [6.45, 7) is 7.02. The zero-order valence-corrected chi connectivity index (χ0v) is 10.9. The minimum atomic E-state index is -0.471. The van der Waals surface area contributed by atoms with E-state index in [0.29, 0.717) is 6.04 Å². The standard InChI is InChI=1S/C14H23NO2/c1-11(2)15(9-6-10-16)14-8-5-4-7-13(14)12(3)17/h4-5,7-8,11-12,16-17H,6,9-10H2,1-3H3. The largest absolute Gasteiger partial charge is 0.396 e. The highest BCUT2D eigenvalue weighted by atomic mass is 16.3. The molecule has 0 bridgehead atoms. The number of aliphatic hydroxyl groups excluding tert-OH is 2. The number of hydrogen-bond donors (Lipinski definition) is 2. The molecule has 1 atom stereocenters. The third-order valence-electron chi connectivity index (χ3n) is 2.88. The van der Waals surface area contributed by atoms with Crippen molar-refractivity contribution < 1.29 is 10.2 Å². The van der Waals surface area contributed by atoms with E-state index in [-0.39, 0.29) is 6.61 Å². The normalized spacial score (nSPS) is 12.8. The first-order valence-corrected chi connectivity index (χ1v) is 6.22. The Morgan fingerprint density at radius 2 is 1.82 bits per heavy atom. The minimum absolute atomic E-state index is 0.195. The van der Waals surface area contributed by atoms with E-state index < -0.39 is 6.10 Å². The lowest BCUT2D eigenvalue weighted by Gasteiger charge is -2.31. The van der Waals surface area contributed by atoms with Gasteiger partial charge in [-0.1, -0.05) is 18.2 Å². The van der Waals surface area contributed by atoms with Crippen molar-refractivity contribution in [3.05, 3.63) is 29.8 Å². The van der Waals surface area contributed by atoms with Crippen molar-refractivity contribution in [2.24, 2.45) is 0 Å². The average molecular weight is 237 g/mol. The second-order valence-corrected chi connectivity index (χ2v) is 4.60. The molecule has 0 saturated carbocycles. The minimum Gasteiger partial charge on any atom is -0.396 e. The van der Waals surface area contributed by atoms with Crippen LogP contribution in [0.2, 0.25) is 0 Å². The van der Waals surface area contributed by atoms with Gasteiger partial charge in [0, 0.05) is 30.4 Å². The Morgan fingerprint density at radius 3 is 2.35 bits per heavy atom. The van der Waals surface area contributed by atoms with Gasteiger partial charge in [-0.3, -0.25) is 0 Å². The molecule has 0 radical (unpaired) electrons. The first-order chi connectivity index (χ1) is 8.07. The van der Waals surface area contributed by atoms with E-state index in [1.165, 1.54) is 0 Å². The van der Waals surface area contributed by atoms with Crippen LogP contribution in [0.4, 0.5) is 5.69 Å². The highest BCUT2D eigenvalue weighted by molar-refractivity contribution is 5.55. The smallest absolute Gasteiger partial charge is 0.0781 e. The van der Waals surface area contributed by atoms with Crippen LogP contribution in [0.25, 0.3) is 0 Å². The van der Waals surface area contributed by atoms with E-state index >= 15 is 0 Å². The van der Waals surface area contributed by atoms with Gasteiger partial charge in [-0.15, -0.1) is 0 Å². The Balaban J connectivity index is 3.00. The van der Waals surface area contributed by atoms with Gasteiger partial charge in [0.15, 0.2) is 0 Å². The maximum Gasteiger partial charge on any atom is 0.0781 e. The van der Waals surface area contributed by atoms with Gasteiger partial charge < -0.3 is 15.1 Å². The Kier molecular flexibility index (Phi) is 5.45. The molecule has 96 valence electrons. The fraction of sp³-hybridized carbons (Fsp3) is 0.571. The van der Waals surface area contributed by atoms with Gasteiger partial charge in [0.1, 0.15) is 0 Å². The van der Waals surface area contributed by atoms with Gasteiger partial charge >= 0.3 is 0 Å². The van der Waals surface area contributed by atoms with Crippen LogP contribution in [0, 0.1) is 0 Å². The van der Waals surface area contributed by atoms with Gasteiger partial charge in [0.05, 0.1) is 6.10 Å². The maximum absolute atomic E-state index is 9.78. The molecule has 0 spiro atoms. The quantitative estimate of drug-likeness (QED) is 0.798. The predicted molar refractivity (Wildman–Crippen MR) is 71.3 cm³/mol. The number of rotatable bonds is 6. The molecule has 0 heterocycles. The number of hydrogen-bond acceptors (Lipinski definition) is 3. The average Bonchev–Trinajstić information content (AvgIpc) is 2.29. The summed E-state index contributed by atoms with van der Waals surface area (Å²) in [6, 6.07) is 8.25. The zero-order chi connectivity index (χ0) is 12.8. The van der Waals surface area contributed by atoms with Crippen LogP contribution in [0.3, 0.4) is 0 Å². The van der Waals surface area contributed by atoms with Crippen molar-refractivity contribution in [2.75, 3.05) is 18.1 Å². The molecule has 0 aliphatic heterocycles. The summed E-state index contributed by atoms with van der Waals surface area (Å²) in [4.78, 5) is 2.22. The Morgan fingerprint density at radius 1 is 1.18 bits per heavy atom. The van der Waals surface area contributed by atoms with Gasteiger partial charge in [0.2, 0.25) is 0 Å². The maximum atomic E-state index is 9.78. The summed E-state index contributed by atoms with van der Waals surface area (Å²) < 4.78 is 0. The topological polar surface area (TPSA) is 43.7 Å². The Bertz CT molecular complexity index is 337. The van der Waals surface area contributed by atoms with Crippen LogP contribution in [0.5, 0.6) is 0 Å². The number of aliphatic hydroxyl groups is 2. The van der Waals surface area contributed by atoms with Crippen LogP contribution in [0.1, 0.15) is 38.9 Å². The number of anilines is 1. The van der Waals surface area contributed by atoms with Crippen LogP contribution in [-0.4, -0.2) is 29.4 Å². The molecular formula is C14H23NO2. The molecular weight excluding hydrogens is 214 g/mol. The number of nitrogens with zero attached hydrogens (tertiary/aromatic N) is 1. The van der Waals surface area contributed by atoms with Crippen molar-refractivity contribution in [3.8, 4) is 0 Å². The van der Waals surface area contributed by atoms with E-state index in [0.717, 1.165) is 24.2 Å². The lowest BCUT2D eigenvalue weighted by Crippen LogP contribution is -2.33. The monoisotopic (exact) mass is 237 g/mol. The van der Waals surface area contributed by atoms with Crippen LogP contribution in [0.15, 0.2) is 24.3 Å². The molecule has 0 fully saturated rings.